The lowest BCUT2D eigenvalue weighted by Crippen LogP contribution is -2.08. The topological polar surface area (TPSA) is 81.6 Å². The third-order valence-corrected chi connectivity index (χ3v) is 3.31. The fourth-order valence-corrected chi connectivity index (χ4v) is 2.26. The minimum Gasteiger partial charge on any atom is -0.355 e. The predicted octanol–water partition coefficient (Wildman–Crippen LogP) is 3.36. The summed E-state index contributed by atoms with van der Waals surface area (Å²) >= 11 is 0. The van der Waals surface area contributed by atoms with E-state index < -0.39 is 0 Å². The molecule has 0 bridgehead atoms. The molecule has 5 heteroatoms. The van der Waals surface area contributed by atoms with Gasteiger partial charge in [-0.2, -0.15) is 5.26 Å². The fourth-order valence-electron chi connectivity index (χ4n) is 2.26. The molecule has 1 heterocycles. The van der Waals surface area contributed by atoms with Gasteiger partial charge >= 0.3 is 0 Å². The maximum atomic E-state index is 11.5. The summed E-state index contributed by atoms with van der Waals surface area (Å²) in [6, 6.07) is 18.4. The van der Waals surface area contributed by atoms with Gasteiger partial charge in [-0.1, -0.05) is 6.07 Å². The van der Waals surface area contributed by atoms with Crippen LogP contribution in [-0.2, 0) is 0 Å². The molecule has 0 aliphatic carbocycles. The maximum Gasteiger partial charge on any atom is 0.251 e. The van der Waals surface area contributed by atoms with E-state index in [9.17, 15) is 4.79 Å². The Morgan fingerprint density at radius 3 is 2.57 bits per heavy atom. The van der Waals surface area contributed by atoms with Crippen molar-refractivity contribution in [2.75, 3.05) is 5.32 Å². The maximum absolute atomic E-state index is 11.5. The molecule has 0 saturated carbocycles. The van der Waals surface area contributed by atoms with Crippen LogP contribution in [0.3, 0.4) is 0 Å². The molecule has 0 spiro atoms. The minimum absolute atomic E-state index is 0.164. The van der Waals surface area contributed by atoms with E-state index in [1.807, 2.05) is 36.4 Å². The number of anilines is 2. The molecule has 3 aromatic rings. The molecular formula is C18H14N4O. The normalized spacial score (nSPS) is 10.1. The van der Waals surface area contributed by atoms with Crippen LogP contribution in [0, 0.1) is 18.3 Å². The third kappa shape index (κ3) is 3.44. The zero-order chi connectivity index (χ0) is 16.2. The second kappa shape index (κ2) is 6.16. The highest BCUT2D eigenvalue weighted by Crippen LogP contribution is 2.21. The number of benzene rings is 2. The summed E-state index contributed by atoms with van der Waals surface area (Å²) in [5, 5.41) is 12.2. The van der Waals surface area contributed by atoms with Crippen LogP contribution in [0.2, 0.25) is 0 Å². The van der Waals surface area contributed by atoms with Gasteiger partial charge in [0.1, 0.15) is 5.82 Å². The van der Waals surface area contributed by atoms with Crippen molar-refractivity contribution in [1.82, 2.24) is 9.97 Å². The Morgan fingerprint density at radius 1 is 1.09 bits per heavy atom. The SMILES string of the molecule is Cc1cc(=O)[nH]c(-c2ccc(Nc3cccc(C#N)c3)cc2)n1. The van der Waals surface area contributed by atoms with Crippen LogP contribution in [0.4, 0.5) is 11.4 Å². The van der Waals surface area contributed by atoms with Crippen molar-refractivity contribution >= 4 is 11.4 Å². The molecule has 5 nitrogen and oxygen atoms in total. The van der Waals surface area contributed by atoms with Gasteiger partial charge in [0.15, 0.2) is 0 Å². The first-order valence-electron chi connectivity index (χ1n) is 7.10. The molecule has 0 amide bonds. The first kappa shape index (κ1) is 14.5. The highest BCUT2D eigenvalue weighted by molar-refractivity contribution is 5.65. The van der Waals surface area contributed by atoms with Crippen LogP contribution < -0.4 is 10.9 Å². The van der Waals surface area contributed by atoms with Crippen molar-refractivity contribution < 1.29 is 0 Å². The lowest BCUT2D eigenvalue weighted by atomic mass is 10.1. The number of hydrogen-bond acceptors (Lipinski definition) is 4. The lowest BCUT2D eigenvalue weighted by molar-refractivity contribution is 1.07. The Hall–Kier alpha value is -3.39. The summed E-state index contributed by atoms with van der Waals surface area (Å²) in [7, 11) is 0. The third-order valence-electron chi connectivity index (χ3n) is 3.31. The predicted molar refractivity (Wildman–Crippen MR) is 89.5 cm³/mol. The number of aryl methyl sites for hydroxylation is 1. The van der Waals surface area contributed by atoms with Crippen LogP contribution in [-0.4, -0.2) is 9.97 Å². The molecule has 3 rings (SSSR count). The number of nitrogens with one attached hydrogen (secondary N) is 2. The zero-order valence-electron chi connectivity index (χ0n) is 12.5. The van der Waals surface area contributed by atoms with Crippen LogP contribution in [0.15, 0.2) is 59.4 Å². The smallest absolute Gasteiger partial charge is 0.251 e. The van der Waals surface area contributed by atoms with Crippen LogP contribution in [0.25, 0.3) is 11.4 Å². The van der Waals surface area contributed by atoms with Crippen molar-refractivity contribution in [3.8, 4) is 17.5 Å². The number of nitriles is 1. The highest BCUT2D eigenvalue weighted by atomic mass is 16.1. The molecule has 0 fully saturated rings. The standard InChI is InChI=1S/C18H14N4O/c1-12-9-17(23)22-18(20-12)14-5-7-15(8-6-14)21-16-4-2-3-13(10-16)11-19/h2-10,21H,1H3,(H,20,22,23). The van der Waals surface area contributed by atoms with Crippen molar-refractivity contribution in [3.05, 3.63) is 76.2 Å². The second-order valence-corrected chi connectivity index (χ2v) is 5.13. The van der Waals surface area contributed by atoms with Crippen LogP contribution in [0.5, 0.6) is 0 Å². The molecule has 23 heavy (non-hydrogen) atoms. The largest absolute Gasteiger partial charge is 0.355 e. The van der Waals surface area contributed by atoms with Gasteiger partial charge in [0.2, 0.25) is 0 Å². The average Bonchev–Trinajstić information content (AvgIpc) is 2.55. The van der Waals surface area contributed by atoms with Gasteiger partial charge in [-0.15, -0.1) is 0 Å². The quantitative estimate of drug-likeness (QED) is 0.777. The van der Waals surface area contributed by atoms with Crippen molar-refractivity contribution in [2.45, 2.75) is 6.92 Å². The lowest BCUT2D eigenvalue weighted by Gasteiger charge is -2.08. The van der Waals surface area contributed by atoms with Gasteiger partial charge < -0.3 is 10.3 Å². The van der Waals surface area contributed by atoms with Gasteiger partial charge in [-0.05, 0) is 49.4 Å². The molecule has 112 valence electrons. The van der Waals surface area contributed by atoms with E-state index >= 15 is 0 Å². The monoisotopic (exact) mass is 302 g/mol. The molecular weight excluding hydrogens is 288 g/mol. The molecule has 0 aliphatic heterocycles. The Balaban J connectivity index is 1.84. The van der Waals surface area contributed by atoms with Gasteiger partial charge in [0.25, 0.3) is 5.56 Å². The van der Waals surface area contributed by atoms with E-state index in [0.717, 1.165) is 16.9 Å². The average molecular weight is 302 g/mol. The highest BCUT2D eigenvalue weighted by Gasteiger charge is 2.03. The number of H-pyrrole nitrogens is 1. The number of aromatic nitrogens is 2. The van der Waals surface area contributed by atoms with Gasteiger partial charge in [-0.3, -0.25) is 4.79 Å². The van der Waals surface area contributed by atoms with Gasteiger partial charge in [0.05, 0.1) is 11.6 Å². The molecule has 1 aromatic heterocycles. The Labute approximate surface area is 133 Å². The Morgan fingerprint density at radius 2 is 1.87 bits per heavy atom. The van der Waals surface area contributed by atoms with Crippen molar-refractivity contribution in [1.29, 1.82) is 5.26 Å². The summed E-state index contributed by atoms with van der Waals surface area (Å²) < 4.78 is 0. The van der Waals surface area contributed by atoms with Gasteiger partial charge in [-0.25, -0.2) is 4.98 Å². The van der Waals surface area contributed by atoms with E-state index in [4.69, 9.17) is 5.26 Å². The molecule has 0 unspecified atom stereocenters. The summed E-state index contributed by atoms with van der Waals surface area (Å²) in [4.78, 5) is 18.6. The summed E-state index contributed by atoms with van der Waals surface area (Å²) in [5.41, 5.74) is 3.69. The molecule has 0 atom stereocenters. The number of rotatable bonds is 3. The molecule has 2 aromatic carbocycles. The fraction of sp³-hybridized carbons (Fsp3) is 0.0556. The van der Waals surface area contributed by atoms with E-state index in [0.29, 0.717) is 17.1 Å². The van der Waals surface area contributed by atoms with E-state index in [2.05, 4.69) is 21.4 Å². The molecule has 0 radical (unpaired) electrons. The number of nitrogens with zero attached hydrogens (tertiary/aromatic N) is 2. The Kier molecular flexibility index (Phi) is 3.89. The summed E-state index contributed by atoms with van der Waals surface area (Å²) in [5.74, 6) is 0.549. The first-order chi connectivity index (χ1) is 11.1. The Bertz CT molecular complexity index is 936. The number of aromatic amines is 1. The second-order valence-electron chi connectivity index (χ2n) is 5.13. The summed E-state index contributed by atoms with van der Waals surface area (Å²) in [6.45, 7) is 1.79. The van der Waals surface area contributed by atoms with Gasteiger partial charge in [0, 0.05) is 28.7 Å². The zero-order valence-corrected chi connectivity index (χ0v) is 12.5. The first-order valence-corrected chi connectivity index (χ1v) is 7.10. The molecule has 0 saturated heterocycles. The molecule has 0 aliphatic rings. The molecule has 2 N–H and O–H groups in total. The van der Waals surface area contributed by atoms with Crippen molar-refractivity contribution in [3.63, 3.8) is 0 Å². The van der Waals surface area contributed by atoms with Crippen molar-refractivity contribution in [2.24, 2.45) is 0 Å². The van der Waals surface area contributed by atoms with Crippen LogP contribution >= 0.6 is 0 Å². The summed E-state index contributed by atoms with van der Waals surface area (Å²) in [6.07, 6.45) is 0. The van der Waals surface area contributed by atoms with E-state index in [1.54, 1.807) is 19.1 Å². The van der Waals surface area contributed by atoms with E-state index in [-0.39, 0.29) is 5.56 Å². The number of hydrogen-bond donors (Lipinski definition) is 2. The van der Waals surface area contributed by atoms with E-state index in [1.165, 1.54) is 6.07 Å². The minimum atomic E-state index is -0.164. The van der Waals surface area contributed by atoms with Crippen LogP contribution in [0.1, 0.15) is 11.3 Å².